The third-order valence-corrected chi connectivity index (χ3v) is 3.63. The Morgan fingerprint density at radius 1 is 0.476 bits per heavy atom. The predicted molar refractivity (Wildman–Crippen MR) is 92.6 cm³/mol. The molecule has 4 aromatic carbocycles. The third-order valence-electron chi connectivity index (χ3n) is 3.63. The lowest BCUT2D eigenvalue weighted by molar-refractivity contribution is 1.54. The first-order valence-electron chi connectivity index (χ1n) is 7.23. The van der Waals surface area contributed by atoms with E-state index in [4.69, 9.17) is 0 Å². The summed E-state index contributed by atoms with van der Waals surface area (Å²) in [4.78, 5) is 0. The van der Waals surface area contributed by atoms with Gasteiger partial charge in [-0.25, -0.2) is 0 Å². The predicted octanol–water partition coefficient (Wildman–Crippen LogP) is 5.99. The van der Waals surface area contributed by atoms with Gasteiger partial charge in [0.25, 0.3) is 0 Å². The maximum absolute atomic E-state index is 2.28. The van der Waals surface area contributed by atoms with Crippen LogP contribution < -0.4 is 0 Å². The van der Waals surface area contributed by atoms with Gasteiger partial charge in [0.2, 0.25) is 0 Å². The van der Waals surface area contributed by atoms with E-state index in [9.17, 15) is 0 Å². The minimum Gasteiger partial charge on any atom is -0.0623 e. The zero-order valence-electron chi connectivity index (χ0n) is 12.2. The van der Waals surface area contributed by atoms with Crippen molar-refractivity contribution in [1.82, 2.24) is 0 Å². The van der Waals surface area contributed by atoms with Gasteiger partial charge in [0, 0.05) is 0 Å². The van der Waals surface area contributed by atoms with Gasteiger partial charge < -0.3 is 0 Å². The zero-order valence-corrected chi connectivity index (χ0v) is 12.2. The van der Waals surface area contributed by atoms with Gasteiger partial charge in [0.1, 0.15) is 0 Å². The molecule has 0 bridgehead atoms. The number of rotatable bonds is 0. The highest BCUT2D eigenvalue weighted by atomic mass is 14.0. The lowest BCUT2D eigenvalue weighted by Crippen LogP contribution is -1.79. The Bertz CT molecular complexity index is 818. The molecule has 0 aromatic heterocycles. The van der Waals surface area contributed by atoms with E-state index in [1.807, 2.05) is 36.4 Å². The Morgan fingerprint density at radius 2 is 1.00 bits per heavy atom. The summed E-state index contributed by atoms with van der Waals surface area (Å²) in [6.45, 7) is 2.16. The number of aryl methyl sites for hydroxylation is 1. The fraction of sp³-hybridized carbons (Fsp3) is 0.0476. The van der Waals surface area contributed by atoms with Crippen LogP contribution in [0.4, 0.5) is 0 Å². The van der Waals surface area contributed by atoms with Gasteiger partial charge in [0.05, 0.1) is 0 Å². The normalized spacial score (nSPS) is 10.1. The van der Waals surface area contributed by atoms with Gasteiger partial charge in [-0.05, 0) is 46.2 Å². The summed E-state index contributed by atoms with van der Waals surface area (Å²) >= 11 is 0. The van der Waals surface area contributed by atoms with Crippen LogP contribution in [0.5, 0.6) is 0 Å². The molecule has 0 aliphatic heterocycles. The zero-order chi connectivity index (χ0) is 14.5. The van der Waals surface area contributed by atoms with Crippen LogP contribution in [0.15, 0.2) is 91.0 Å². The molecule has 4 aromatic rings. The van der Waals surface area contributed by atoms with Gasteiger partial charge in [-0.1, -0.05) is 78.9 Å². The van der Waals surface area contributed by atoms with E-state index >= 15 is 0 Å². The van der Waals surface area contributed by atoms with Crippen molar-refractivity contribution in [3.63, 3.8) is 0 Å². The van der Waals surface area contributed by atoms with Crippen LogP contribution in [-0.4, -0.2) is 0 Å². The van der Waals surface area contributed by atoms with E-state index in [1.165, 1.54) is 27.1 Å². The molecule has 0 nitrogen and oxygen atoms in total. The molecule has 102 valence electrons. The molecule has 4 rings (SSSR count). The lowest BCUT2D eigenvalue weighted by Gasteiger charge is -2.04. The first-order chi connectivity index (χ1) is 10.3. The molecule has 21 heavy (non-hydrogen) atoms. The van der Waals surface area contributed by atoms with E-state index in [1.54, 1.807) is 0 Å². The molecule has 0 saturated carbocycles. The molecule has 0 aliphatic rings. The average molecular weight is 270 g/mol. The van der Waals surface area contributed by atoms with E-state index < -0.39 is 0 Å². The molecular formula is C21H18. The molecule has 0 spiro atoms. The van der Waals surface area contributed by atoms with Crippen LogP contribution in [0.1, 0.15) is 5.56 Å². The van der Waals surface area contributed by atoms with E-state index in [0.717, 1.165) is 0 Å². The first-order valence-corrected chi connectivity index (χ1v) is 7.23. The molecule has 0 heterocycles. The Hall–Kier alpha value is -2.60. The number of benzene rings is 4. The molecule has 0 amide bonds. The van der Waals surface area contributed by atoms with Gasteiger partial charge in [-0.15, -0.1) is 0 Å². The Kier molecular flexibility index (Phi) is 3.97. The average Bonchev–Trinajstić information content (AvgIpc) is 2.56. The Morgan fingerprint density at radius 3 is 1.62 bits per heavy atom. The molecule has 0 unspecified atom stereocenters. The van der Waals surface area contributed by atoms with E-state index in [2.05, 4.69) is 61.5 Å². The van der Waals surface area contributed by atoms with E-state index in [-0.39, 0.29) is 0 Å². The second-order valence-electron chi connectivity index (χ2n) is 5.15. The molecule has 0 saturated heterocycles. The standard InChI is InChI=1S/C15H12.C6H6/c1-11-5-4-8-14-9-12-6-2-3-7-13(12)10-15(11)14;1-2-4-6-5-3-1/h2-10H,1H3;1-6H. The summed E-state index contributed by atoms with van der Waals surface area (Å²) in [5.41, 5.74) is 1.35. The molecule has 0 atom stereocenters. The van der Waals surface area contributed by atoms with Gasteiger partial charge in [0.15, 0.2) is 0 Å². The van der Waals surface area contributed by atoms with Crippen molar-refractivity contribution in [2.75, 3.05) is 0 Å². The second-order valence-corrected chi connectivity index (χ2v) is 5.15. The van der Waals surface area contributed by atoms with Crippen molar-refractivity contribution in [3.05, 3.63) is 96.6 Å². The Labute approximate surface area is 125 Å². The third kappa shape index (κ3) is 3.11. The van der Waals surface area contributed by atoms with Crippen LogP contribution in [0, 0.1) is 6.92 Å². The Balaban J connectivity index is 0.000000186. The molecular weight excluding hydrogens is 252 g/mol. The monoisotopic (exact) mass is 270 g/mol. The van der Waals surface area contributed by atoms with Crippen LogP contribution in [0.2, 0.25) is 0 Å². The molecule has 0 N–H and O–H groups in total. The summed E-state index contributed by atoms with van der Waals surface area (Å²) in [6, 6.07) is 31.5. The van der Waals surface area contributed by atoms with E-state index in [0.29, 0.717) is 0 Å². The van der Waals surface area contributed by atoms with Crippen LogP contribution >= 0.6 is 0 Å². The summed E-state index contributed by atoms with van der Waals surface area (Å²) in [5, 5.41) is 5.32. The van der Waals surface area contributed by atoms with Gasteiger partial charge in [-0.3, -0.25) is 0 Å². The second kappa shape index (κ2) is 6.23. The van der Waals surface area contributed by atoms with Crippen molar-refractivity contribution in [1.29, 1.82) is 0 Å². The molecule has 0 aliphatic carbocycles. The largest absolute Gasteiger partial charge is 0.0623 e. The fourth-order valence-corrected chi connectivity index (χ4v) is 2.51. The highest BCUT2D eigenvalue weighted by Crippen LogP contribution is 2.24. The smallest absolute Gasteiger partial charge is 0.0148 e. The fourth-order valence-electron chi connectivity index (χ4n) is 2.51. The maximum atomic E-state index is 2.28. The van der Waals surface area contributed by atoms with Gasteiger partial charge in [-0.2, -0.15) is 0 Å². The van der Waals surface area contributed by atoms with Crippen molar-refractivity contribution in [2.45, 2.75) is 6.92 Å². The number of hydrogen-bond acceptors (Lipinski definition) is 0. The topological polar surface area (TPSA) is 0 Å². The molecule has 0 radical (unpaired) electrons. The minimum atomic E-state index is 1.32. The summed E-state index contributed by atoms with van der Waals surface area (Å²) in [5.74, 6) is 0. The molecule has 0 fully saturated rings. The lowest BCUT2D eigenvalue weighted by atomic mass is 10.0. The van der Waals surface area contributed by atoms with Crippen molar-refractivity contribution >= 4 is 21.5 Å². The van der Waals surface area contributed by atoms with Crippen LogP contribution in [-0.2, 0) is 0 Å². The quantitative estimate of drug-likeness (QED) is 0.344. The minimum absolute atomic E-state index is 1.32. The van der Waals surface area contributed by atoms with Gasteiger partial charge >= 0.3 is 0 Å². The first kappa shape index (κ1) is 13.4. The summed E-state index contributed by atoms with van der Waals surface area (Å²) in [7, 11) is 0. The number of hydrogen-bond donors (Lipinski definition) is 0. The maximum Gasteiger partial charge on any atom is -0.0148 e. The van der Waals surface area contributed by atoms with Crippen molar-refractivity contribution < 1.29 is 0 Å². The van der Waals surface area contributed by atoms with Crippen LogP contribution in [0.25, 0.3) is 21.5 Å². The SMILES string of the molecule is Cc1cccc2cc3ccccc3cc12.c1ccccc1. The summed E-state index contributed by atoms with van der Waals surface area (Å²) in [6.07, 6.45) is 0. The van der Waals surface area contributed by atoms with Crippen molar-refractivity contribution in [2.24, 2.45) is 0 Å². The van der Waals surface area contributed by atoms with Crippen LogP contribution in [0.3, 0.4) is 0 Å². The summed E-state index contributed by atoms with van der Waals surface area (Å²) < 4.78 is 0. The molecule has 0 heteroatoms. The highest BCUT2D eigenvalue weighted by Gasteiger charge is 1.98. The highest BCUT2D eigenvalue weighted by molar-refractivity contribution is 5.99. The number of fused-ring (bicyclic) bond motifs is 2. The van der Waals surface area contributed by atoms with Crippen molar-refractivity contribution in [3.8, 4) is 0 Å².